The Morgan fingerprint density at radius 2 is 1.50 bits per heavy atom. The third kappa shape index (κ3) is 2.90. The molecule has 0 atom stereocenters. The summed E-state index contributed by atoms with van der Waals surface area (Å²) >= 11 is 5.69. The molecule has 0 fully saturated rings. The van der Waals surface area contributed by atoms with Crippen LogP contribution in [-0.2, 0) is 0 Å². The highest BCUT2D eigenvalue weighted by Gasteiger charge is 2.07. The summed E-state index contributed by atoms with van der Waals surface area (Å²) in [6.07, 6.45) is 1.13. The quantitative estimate of drug-likeness (QED) is 0.562. The van der Waals surface area contributed by atoms with Crippen molar-refractivity contribution in [3.63, 3.8) is 0 Å². The summed E-state index contributed by atoms with van der Waals surface area (Å²) in [5.74, 6) is -3.21. The molecule has 18 heavy (non-hydrogen) atoms. The number of hydrogen-bond donors (Lipinski definition) is 0. The summed E-state index contributed by atoms with van der Waals surface area (Å²) in [4.78, 5) is 3.94. The Balaban J connectivity index is 2.28. The first kappa shape index (κ1) is 12.6. The first-order valence-corrected chi connectivity index (χ1v) is 5.38. The van der Waals surface area contributed by atoms with Crippen LogP contribution in [0.2, 0.25) is 5.02 Å². The zero-order valence-corrected chi connectivity index (χ0v) is 9.76. The van der Waals surface area contributed by atoms with Crippen LogP contribution in [0.5, 0.6) is 0 Å². The second-order valence-corrected chi connectivity index (χ2v) is 3.96. The van der Waals surface area contributed by atoms with Crippen molar-refractivity contribution in [1.29, 1.82) is 0 Å². The molecule has 0 aromatic heterocycles. The second kappa shape index (κ2) is 5.23. The van der Waals surface area contributed by atoms with Crippen LogP contribution < -0.4 is 0 Å². The highest BCUT2D eigenvalue weighted by atomic mass is 35.5. The van der Waals surface area contributed by atoms with Gasteiger partial charge < -0.3 is 0 Å². The maximum Gasteiger partial charge on any atom is 0.161 e. The first-order chi connectivity index (χ1) is 8.56. The van der Waals surface area contributed by atoms with Crippen molar-refractivity contribution in [2.24, 2.45) is 4.99 Å². The van der Waals surface area contributed by atoms with Crippen LogP contribution in [0.1, 0.15) is 5.56 Å². The van der Waals surface area contributed by atoms with Gasteiger partial charge in [-0.3, -0.25) is 4.99 Å². The van der Waals surface area contributed by atoms with Crippen LogP contribution in [0.25, 0.3) is 0 Å². The second-order valence-electron chi connectivity index (χ2n) is 3.52. The van der Waals surface area contributed by atoms with Crippen LogP contribution >= 0.6 is 11.6 Å². The topological polar surface area (TPSA) is 12.4 Å². The van der Waals surface area contributed by atoms with Gasteiger partial charge >= 0.3 is 0 Å². The Labute approximate surface area is 107 Å². The molecule has 92 valence electrons. The van der Waals surface area contributed by atoms with Gasteiger partial charge in [-0.2, -0.15) is 0 Å². The average molecular weight is 270 g/mol. The number of aliphatic imine (C=N–C) groups is 1. The smallest absolute Gasteiger partial charge is 0.161 e. The minimum absolute atomic E-state index is 0.121. The van der Waals surface area contributed by atoms with Crippen molar-refractivity contribution in [1.82, 2.24) is 0 Å². The van der Waals surface area contributed by atoms with Crippen molar-refractivity contribution in [3.8, 4) is 0 Å². The zero-order chi connectivity index (χ0) is 13.1. The molecule has 0 spiro atoms. The molecule has 2 aromatic rings. The Bertz CT molecular complexity index is 594. The van der Waals surface area contributed by atoms with Gasteiger partial charge in [-0.1, -0.05) is 11.6 Å². The summed E-state index contributed by atoms with van der Waals surface area (Å²) in [6.45, 7) is 0. The Kier molecular flexibility index (Phi) is 3.67. The molecule has 0 unspecified atom stereocenters. The molecule has 0 amide bonds. The van der Waals surface area contributed by atoms with Gasteiger partial charge in [0.2, 0.25) is 0 Å². The lowest BCUT2D eigenvalue weighted by molar-refractivity contribution is 0.494. The molecule has 5 heteroatoms. The van der Waals surface area contributed by atoms with Crippen LogP contribution in [0.4, 0.5) is 18.9 Å². The predicted octanol–water partition coefficient (Wildman–Crippen LogP) is 4.51. The van der Waals surface area contributed by atoms with E-state index >= 15 is 0 Å². The molecule has 0 bridgehead atoms. The number of benzene rings is 2. The minimum atomic E-state index is -1.23. The molecule has 0 heterocycles. The fourth-order valence-electron chi connectivity index (χ4n) is 1.31. The highest BCUT2D eigenvalue weighted by molar-refractivity contribution is 6.30. The fourth-order valence-corrected chi connectivity index (χ4v) is 1.43. The Morgan fingerprint density at radius 1 is 0.889 bits per heavy atom. The molecule has 1 nitrogen and oxygen atoms in total. The molecule has 0 aliphatic heterocycles. The van der Waals surface area contributed by atoms with E-state index in [9.17, 15) is 13.2 Å². The van der Waals surface area contributed by atoms with E-state index in [1.165, 1.54) is 0 Å². The summed E-state index contributed by atoms with van der Waals surface area (Å²) < 4.78 is 38.9. The molecule has 0 aliphatic carbocycles. The normalized spacial score (nSPS) is 11.1. The van der Waals surface area contributed by atoms with Crippen LogP contribution in [0.3, 0.4) is 0 Å². The molecule has 0 saturated carbocycles. The van der Waals surface area contributed by atoms with Crippen molar-refractivity contribution < 1.29 is 13.2 Å². The van der Waals surface area contributed by atoms with Gasteiger partial charge in [0.15, 0.2) is 11.6 Å². The maximum atomic E-state index is 13.3. The van der Waals surface area contributed by atoms with E-state index in [2.05, 4.69) is 4.99 Å². The van der Waals surface area contributed by atoms with Crippen LogP contribution in [0, 0.1) is 17.5 Å². The highest BCUT2D eigenvalue weighted by Crippen LogP contribution is 2.17. The van der Waals surface area contributed by atoms with Gasteiger partial charge in [0.05, 0.1) is 5.69 Å². The van der Waals surface area contributed by atoms with Gasteiger partial charge in [-0.05, 0) is 30.3 Å². The lowest BCUT2D eigenvalue weighted by Gasteiger charge is -1.98. The van der Waals surface area contributed by atoms with Crippen molar-refractivity contribution in [2.45, 2.75) is 0 Å². The molecule has 0 saturated heterocycles. The van der Waals surface area contributed by atoms with Crippen molar-refractivity contribution in [2.75, 3.05) is 0 Å². The monoisotopic (exact) mass is 269 g/mol. The number of rotatable bonds is 2. The summed E-state index contributed by atoms with van der Waals surface area (Å²) in [5, 5.41) is 0.549. The number of hydrogen-bond acceptors (Lipinski definition) is 1. The maximum absolute atomic E-state index is 13.3. The fraction of sp³-hybridized carbons (Fsp3) is 0. The Hall–Kier alpha value is -1.81. The summed E-state index contributed by atoms with van der Waals surface area (Å²) in [7, 11) is 0. The molecule has 2 aromatic carbocycles. The van der Waals surface area contributed by atoms with Gasteiger partial charge in [-0.25, -0.2) is 13.2 Å². The zero-order valence-electron chi connectivity index (χ0n) is 9.00. The molecule has 0 radical (unpaired) electrons. The first-order valence-electron chi connectivity index (χ1n) is 5.00. The standard InChI is InChI=1S/C13H7ClF3N/c14-9-1-3-10(4-2-9)18-7-8-5-12(16)13(17)6-11(8)15/h1-7H. The molecular weight excluding hydrogens is 263 g/mol. The molecular formula is C13H7ClF3N. The number of halogens is 4. The third-order valence-electron chi connectivity index (χ3n) is 2.22. The van der Waals surface area contributed by atoms with E-state index in [0.717, 1.165) is 12.3 Å². The van der Waals surface area contributed by atoms with Crippen LogP contribution in [0.15, 0.2) is 41.4 Å². The van der Waals surface area contributed by atoms with Crippen LogP contribution in [-0.4, -0.2) is 6.21 Å². The third-order valence-corrected chi connectivity index (χ3v) is 2.47. The van der Waals surface area contributed by atoms with E-state index in [1.807, 2.05) is 0 Å². The van der Waals surface area contributed by atoms with E-state index in [0.29, 0.717) is 16.8 Å². The molecule has 0 aliphatic rings. The van der Waals surface area contributed by atoms with Gasteiger partial charge in [0, 0.05) is 22.9 Å². The Morgan fingerprint density at radius 3 is 2.17 bits per heavy atom. The lowest BCUT2D eigenvalue weighted by atomic mass is 10.2. The lowest BCUT2D eigenvalue weighted by Crippen LogP contribution is -1.93. The van der Waals surface area contributed by atoms with Crippen molar-refractivity contribution in [3.05, 3.63) is 64.4 Å². The SMILES string of the molecule is Fc1cc(F)c(C=Nc2ccc(Cl)cc2)cc1F. The van der Waals surface area contributed by atoms with Gasteiger partial charge in [0.1, 0.15) is 5.82 Å². The summed E-state index contributed by atoms with van der Waals surface area (Å²) in [6, 6.07) is 7.72. The predicted molar refractivity (Wildman–Crippen MR) is 65.0 cm³/mol. The van der Waals surface area contributed by atoms with E-state index < -0.39 is 17.5 Å². The van der Waals surface area contributed by atoms with Gasteiger partial charge in [-0.15, -0.1) is 0 Å². The summed E-state index contributed by atoms with van der Waals surface area (Å²) in [5.41, 5.74) is 0.410. The number of nitrogens with zero attached hydrogens (tertiary/aromatic N) is 1. The van der Waals surface area contributed by atoms with E-state index in [4.69, 9.17) is 11.6 Å². The van der Waals surface area contributed by atoms with E-state index in [1.54, 1.807) is 24.3 Å². The van der Waals surface area contributed by atoms with Crippen molar-refractivity contribution >= 4 is 23.5 Å². The average Bonchev–Trinajstić information content (AvgIpc) is 2.34. The molecule has 0 N–H and O–H groups in total. The minimum Gasteiger partial charge on any atom is -0.256 e. The molecule has 2 rings (SSSR count). The largest absolute Gasteiger partial charge is 0.256 e. The van der Waals surface area contributed by atoms with Gasteiger partial charge in [0.25, 0.3) is 0 Å². The van der Waals surface area contributed by atoms with E-state index in [-0.39, 0.29) is 5.56 Å².